The van der Waals surface area contributed by atoms with Gasteiger partial charge in [0.25, 0.3) is 0 Å². The Morgan fingerprint density at radius 3 is 2.93 bits per heavy atom. The smallest absolute Gasteiger partial charge is 0.325 e. The third kappa shape index (κ3) is 3.33. The Bertz CT molecular complexity index is 212. The fourth-order valence-electron chi connectivity index (χ4n) is 1.45. The molecular weight excluding hydrogens is 184 g/mol. The molecule has 1 atom stereocenters. The SMILES string of the molecule is COC(=O)CNC(=O)C1CCCNC1. The lowest BCUT2D eigenvalue weighted by Gasteiger charge is -2.21. The molecule has 5 heteroatoms. The first-order valence-corrected chi connectivity index (χ1v) is 4.79. The van der Waals surface area contributed by atoms with Crippen LogP contribution in [-0.2, 0) is 14.3 Å². The molecule has 1 aliphatic heterocycles. The second kappa shape index (κ2) is 5.59. The van der Waals surface area contributed by atoms with Crippen LogP contribution in [0.25, 0.3) is 0 Å². The number of ether oxygens (including phenoxy) is 1. The third-order valence-electron chi connectivity index (χ3n) is 2.30. The van der Waals surface area contributed by atoms with Gasteiger partial charge in [0.1, 0.15) is 6.54 Å². The van der Waals surface area contributed by atoms with Crippen molar-refractivity contribution < 1.29 is 14.3 Å². The van der Waals surface area contributed by atoms with Gasteiger partial charge in [0.15, 0.2) is 0 Å². The molecule has 1 rings (SSSR count). The molecular formula is C9H16N2O3. The first kappa shape index (κ1) is 11.0. The van der Waals surface area contributed by atoms with Gasteiger partial charge in [0, 0.05) is 6.54 Å². The van der Waals surface area contributed by atoms with Gasteiger partial charge in [-0.05, 0) is 19.4 Å². The Balaban J connectivity index is 2.23. The van der Waals surface area contributed by atoms with Crippen molar-refractivity contribution in [1.29, 1.82) is 0 Å². The van der Waals surface area contributed by atoms with Gasteiger partial charge in [-0.15, -0.1) is 0 Å². The molecule has 1 unspecified atom stereocenters. The van der Waals surface area contributed by atoms with E-state index in [1.54, 1.807) is 0 Å². The van der Waals surface area contributed by atoms with Crippen molar-refractivity contribution in [3.8, 4) is 0 Å². The summed E-state index contributed by atoms with van der Waals surface area (Å²) in [4.78, 5) is 22.2. The minimum Gasteiger partial charge on any atom is -0.468 e. The Kier molecular flexibility index (Phi) is 4.39. The molecule has 1 fully saturated rings. The molecule has 0 aromatic rings. The zero-order chi connectivity index (χ0) is 10.4. The maximum absolute atomic E-state index is 11.5. The van der Waals surface area contributed by atoms with Crippen molar-refractivity contribution in [2.45, 2.75) is 12.8 Å². The minimum atomic E-state index is -0.415. The summed E-state index contributed by atoms with van der Waals surface area (Å²) in [5, 5.41) is 5.69. The molecule has 14 heavy (non-hydrogen) atoms. The number of hydrogen-bond acceptors (Lipinski definition) is 4. The average molecular weight is 200 g/mol. The Morgan fingerprint density at radius 1 is 1.57 bits per heavy atom. The Labute approximate surface area is 83.2 Å². The van der Waals surface area contributed by atoms with Gasteiger partial charge in [0.05, 0.1) is 13.0 Å². The van der Waals surface area contributed by atoms with Crippen LogP contribution in [0.2, 0.25) is 0 Å². The first-order chi connectivity index (χ1) is 6.74. The third-order valence-corrected chi connectivity index (χ3v) is 2.30. The van der Waals surface area contributed by atoms with Gasteiger partial charge in [0.2, 0.25) is 5.91 Å². The molecule has 0 aromatic heterocycles. The first-order valence-electron chi connectivity index (χ1n) is 4.79. The number of amides is 1. The highest BCUT2D eigenvalue weighted by Crippen LogP contribution is 2.09. The summed E-state index contributed by atoms with van der Waals surface area (Å²) in [5.41, 5.74) is 0. The van der Waals surface area contributed by atoms with Crippen molar-refractivity contribution in [1.82, 2.24) is 10.6 Å². The Hall–Kier alpha value is -1.10. The molecule has 0 bridgehead atoms. The summed E-state index contributed by atoms with van der Waals surface area (Å²) in [6.07, 6.45) is 1.90. The van der Waals surface area contributed by atoms with Gasteiger partial charge in [-0.2, -0.15) is 0 Å². The van der Waals surface area contributed by atoms with Crippen molar-refractivity contribution in [2.24, 2.45) is 5.92 Å². The van der Waals surface area contributed by atoms with E-state index in [1.165, 1.54) is 7.11 Å². The van der Waals surface area contributed by atoms with Gasteiger partial charge in [-0.3, -0.25) is 9.59 Å². The number of hydrogen-bond donors (Lipinski definition) is 2. The zero-order valence-electron chi connectivity index (χ0n) is 8.34. The van der Waals surface area contributed by atoms with E-state index in [4.69, 9.17) is 0 Å². The van der Waals surface area contributed by atoms with Crippen LogP contribution in [-0.4, -0.2) is 38.6 Å². The minimum absolute atomic E-state index is 0.00611. The summed E-state index contributed by atoms with van der Waals surface area (Å²) in [6, 6.07) is 0. The lowest BCUT2D eigenvalue weighted by Crippen LogP contribution is -2.42. The number of carbonyl (C=O) groups is 2. The van der Waals surface area contributed by atoms with E-state index < -0.39 is 5.97 Å². The van der Waals surface area contributed by atoms with Crippen LogP contribution in [0.15, 0.2) is 0 Å². The molecule has 0 radical (unpaired) electrons. The summed E-state index contributed by atoms with van der Waals surface area (Å²) in [6.45, 7) is 1.64. The normalized spacial score (nSPS) is 21.4. The maximum Gasteiger partial charge on any atom is 0.325 e. The van der Waals surface area contributed by atoms with E-state index in [0.29, 0.717) is 6.54 Å². The molecule has 80 valence electrons. The number of piperidine rings is 1. The highest BCUT2D eigenvalue weighted by molar-refractivity contribution is 5.83. The van der Waals surface area contributed by atoms with Crippen LogP contribution in [0.1, 0.15) is 12.8 Å². The van der Waals surface area contributed by atoms with Crippen LogP contribution < -0.4 is 10.6 Å². The molecule has 0 spiro atoms. The summed E-state index contributed by atoms with van der Waals surface area (Å²) >= 11 is 0. The van der Waals surface area contributed by atoms with Gasteiger partial charge in [-0.1, -0.05) is 0 Å². The molecule has 1 aliphatic rings. The lowest BCUT2D eigenvalue weighted by atomic mass is 9.99. The molecule has 0 aromatic carbocycles. The lowest BCUT2D eigenvalue weighted by molar-refractivity contribution is -0.141. The van der Waals surface area contributed by atoms with Crippen LogP contribution in [0.4, 0.5) is 0 Å². The molecule has 5 nitrogen and oxygen atoms in total. The maximum atomic E-state index is 11.5. The van der Waals surface area contributed by atoms with Crippen LogP contribution in [0.5, 0.6) is 0 Å². The molecule has 1 heterocycles. The topological polar surface area (TPSA) is 67.4 Å². The standard InChI is InChI=1S/C9H16N2O3/c1-14-8(12)6-11-9(13)7-3-2-4-10-5-7/h7,10H,2-6H2,1H3,(H,11,13). The van der Waals surface area contributed by atoms with Crippen molar-refractivity contribution in [3.63, 3.8) is 0 Å². The van der Waals surface area contributed by atoms with Crippen molar-refractivity contribution in [2.75, 3.05) is 26.7 Å². The summed E-state index contributed by atoms with van der Waals surface area (Å²) in [5.74, 6) is -0.488. The van der Waals surface area contributed by atoms with E-state index in [2.05, 4.69) is 15.4 Å². The Morgan fingerprint density at radius 2 is 2.36 bits per heavy atom. The second-order valence-electron chi connectivity index (χ2n) is 3.34. The molecule has 1 saturated heterocycles. The number of esters is 1. The number of rotatable bonds is 3. The molecule has 2 N–H and O–H groups in total. The van der Waals surface area contributed by atoms with Gasteiger partial charge in [-0.25, -0.2) is 0 Å². The summed E-state index contributed by atoms with van der Waals surface area (Å²) < 4.78 is 4.42. The molecule has 1 amide bonds. The van der Waals surface area contributed by atoms with Crippen LogP contribution in [0, 0.1) is 5.92 Å². The predicted octanol–water partition coefficient (Wildman–Crippen LogP) is -0.725. The quantitative estimate of drug-likeness (QED) is 0.590. The van der Waals surface area contributed by atoms with Gasteiger partial charge < -0.3 is 15.4 Å². The fraction of sp³-hybridized carbons (Fsp3) is 0.778. The predicted molar refractivity (Wildman–Crippen MR) is 50.6 cm³/mol. The molecule has 0 saturated carbocycles. The monoisotopic (exact) mass is 200 g/mol. The highest BCUT2D eigenvalue weighted by Gasteiger charge is 2.20. The number of carbonyl (C=O) groups excluding carboxylic acids is 2. The van der Waals surface area contributed by atoms with Crippen LogP contribution in [0.3, 0.4) is 0 Å². The largest absolute Gasteiger partial charge is 0.468 e. The van der Waals surface area contributed by atoms with E-state index in [-0.39, 0.29) is 18.4 Å². The van der Waals surface area contributed by atoms with E-state index >= 15 is 0 Å². The average Bonchev–Trinajstić information content (AvgIpc) is 2.26. The molecule has 0 aliphatic carbocycles. The van der Waals surface area contributed by atoms with Crippen molar-refractivity contribution in [3.05, 3.63) is 0 Å². The number of nitrogens with one attached hydrogen (secondary N) is 2. The van der Waals surface area contributed by atoms with Crippen molar-refractivity contribution >= 4 is 11.9 Å². The van der Waals surface area contributed by atoms with Gasteiger partial charge >= 0.3 is 5.97 Å². The fourth-order valence-corrected chi connectivity index (χ4v) is 1.45. The van der Waals surface area contributed by atoms with E-state index in [0.717, 1.165) is 19.4 Å². The second-order valence-corrected chi connectivity index (χ2v) is 3.34. The summed E-state index contributed by atoms with van der Waals surface area (Å²) in [7, 11) is 1.30. The van der Waals surface area contributed by atoms with E-state index in [1.807, 2.05) is 0 Å². The highest BCUT2D eigenvalue weighted by atomic mass is 16.5. The van der Waals surface area contributed by atoms with Crippen LogP contribution >= 0.6 is 0 Å². The number of methoxy groups -OCH3 is 1. The van der Waals surface area contributed by atoms with E-state index in [9.17, 15) is 9.59 Å². The zero-order valence-corrected chi connectivity index (χ0v) is 8.34.